The summed E-state index contributed by atoms with van der Waals surface area (Å²) in [5.74, 6) is -0.666. The maximum Gasteiger partial charge on any atom is 0.272 e. The summed E-state index contributed by atoms with van der Waals surface area (Å²) in [5.41, 5.74) is 2.33. The number of hydrogen-bond donors (Lipinski definition) is 1. The normalized spacial score (nSPS) is 18.8. The van der Waals surface area contributed by atoms with Crippen LogP contribution in [0.2, 0.25) is 0 Å². The van der Waals surface area contributed by atoms with Crippen LogP contribution in [0.1, 0.15) is 40.7 Å². The predicted molar refractivity (Wildman–Crippen MR) is 82.8 cm³/mol. The molecule has 1 heterocycles. The molecule has 8 heteroatoms. The molecule has 1 aromatic heterocycles. The van der Waals surface area contributed by atoms with E-state index in [2.05, 4.69) is 10.3 Å². The summed E-state index contributed by atoms with van der Waals surface area (Å²) >= 11 is 28.4. The summed E-state index contributed by atoms with van der Waals surface area (Å²) in [6.07, 6.45) is 2.53. The van der Waals surface area contributed by atoms with Crippen LogP contribution in [0.4, 0.5) is 0 Å². The molecule has 2 rings (SSSR count). The Kier molecular flexibility index (Phi) is 5.30. The van der Waals surface area contributed by atoms with Gasteiger partial charge in [0.1, 0.15) is 4.84 Å². The third-order valence-electron chi connectivity index (χ3n) is 3.09. The minimum Gasteiger partial charge on any atom is -0.344 e. The number of amides is 1. The Bertz CT molecular complexity index is 515. The number of alkyl halides is 5. The number of halogens is 5. The van der Waals surface area contributed by atoms with Crippen molar-refractivity contribution in [3.05, 3.63) is 29.1 Å². The van der Waals surface area contributed by atoms with Gasteiger partial charge < -0.3 is 5.32 Å². The number of carbonyl (C=O) groups is 1. The van der Waals surface area contributed by atoms with E-state index in [4.69, 9.17) is 58.0 Å². The largest absolute Gasteiger partial charge is 0.344 e. The van der Waals surface area contributed by atoms with Crippen LogP contribution in [0.25, 0.3) is 0 Å². The minimum atomic E-state index is -1.99. The van der Waals surface area contributed by atoms with Crippen molar-refractivity contribution in [1.29, 1.82) is 0 Å². The van der Waals surface area contributed by atoms with E-state index in [9.17, 15) is 4.79 Å². The zero-order chi connectivity index (χ0) is 14.9. The van der Waals surface area contributed by atoms with Crippen molar-refractivity contribution in [3.8, 4) is 0 Å². The molecule has 1 aliphatic rings. The Morgan fingerprint density at radius 3 is 2.65 bits per heavy atom. The molecule has 0 saturated heterocycles. The maximum absolute atomic E-state index is 11.8. The lowest BCUT2D eigenvalue weighted by Crippen LogP contribution is -2.39. The summed E-state index contributed by atoms with van der Waals surface area (Å²) in [7, 11) is 0. The van der Waals surface area contributed by atoms with Crippen molar-refractivity contribution < 1.29 is 4.79 Å². The number of aromatic nitrogens is 1. The van der Waals surface area contributed by atoms with Crippen LogP contribution in [0.5, 0.6) is 0 Å². The standard InChI is InChI=1S/C12H11Cl5N2O/c13-10(14)8-5-4-6-2-1-3-7(9(6)18-8)19-11(20)12(15,16)17/h4-5,7,10H,1-3H2,(H,19,20). The van der Waals surface area contributed by atoms with Gasteiger partial charge in [0.2, 0.25) is 0 Å². The summed E-state index contributed by atoms with van der Waals surface area (Å²) in [6, 6.07) is 3.40. The highest BCUT2D eigenvalue weighted by Gasteiger charge is 2.34. The quantitative estimate of drug-likeness (QED) is 0.776. The third-order valence-corrected chi connectivity index (χ3v) is 4.05. The number of fused-ring (bicyclic) bond motifs is 1. The van der Waals surface area contributed by atoms with Crippen LogP contribution in [0.15, 0.2) is 12.1 Å². The SMILES string of the molecule is O=C(NC1CCCc2ccc(C(Cl)Cl)nc21)C(Cl)(Cl)Cl. The number of nitrogens with one attached hydrogen (secondary N) is 1. The van der Waals surface area contributed by atoms with Gasteiger partial charge in [-0.2, -0.15) is 0 Å². The van der Waals surface area contributed by atoms with Gasteiger partial charge in [0.15, 0.2) is 0 Å². The highest BCUT2D eigenvalue weighted by atomic mass is 35.6. The predicted octanol–water partition coefficient (Wildman–Crippen LogP) is 4.42. The fourth-order valence-electron chi connectivity index (χ4n) is 2.17. The van der Waals surface area contributed by atoms with Gasteiger partial charge >= 0.3 is 0 Å². The first kappa shape index (κ1) is 16.4. The van der Waals surface area contributed by atoms with Crippen LogP contribution >= 0.6 is 58.0 Å². The highest BCUT2D eigenvalue weighted by Crippen LogP contribution is 2.33. The van der Waals surface area contributed by atoms with Crippen LogP contribution in [-0.4, -0.2) is 14.7 Å². The molecule has 0 spiro atoms. The molecule has 1 unspecified atom stereocenters. The molecule has 20 heavy (non-hydrogen) atoms. The zero-order valence-electron chi connectivity index (χ0n) is 10.2. The average molecular weight is 376 g/mol. The average Bonchev–Trinajstić information content (AvgIpc) is 2.37. The second-order valence-corrected chi connectivity index (χ2v) is 7.87. The molecule has 0 radical (unpaired) electrons. The van der Waals surface area contributed by atoms with E-state index in [0.29, 0.717) is 5.69 Å². The van der Waals surface area contributed by atoms with E-state index < -0.39 is 14.5 Å². The van der Waals surface area contributed by atoms with Gasteiger partial charge in [-0.3, -0.25) is 9.78 Å². The number of carbonyl (C=O) groups excluding carboxylic acids is 1. The first-order chi connectivity index (χ1) is 9.29. The molecule has 1 atom stereocenters. The van der Waals surface area contributed by atoms with Crippen LogP contribution in [0.3, 0.4) is 0 Å². The Morgan fingerprint density at radius 2 is 2.05 bits per heavy atom. The van der Waals surface area contributed by atoms with E-state index in [1.54, 1.807) is 6.07 Å². The second kappa shape index (κ2) is 6.45. The molecular weight excluding hydrogens is 365 g/mol. The van der Waals surface area contributed by atoms with Gasteiger partial charge in [0, 0.05) is 0 Å². The molecule has 1 N–H and O–H groups in total. The minimum absolute atomic E-state index is 0.297. The van der Waals surface area contributed by atoms with E-state index in [1.807, 2.05) is 6.07 Å². The number of nitrogens with zero attached hydrogens (tertiary/aromatic N) is 1. The molecule has 1 amide bonds. The fourth-order valence-corrected chi connectivity index (χ4v) is 2.57. The van der Waals surface area contributed by atoms with Crippen molar-refractivity contribution in [2.75, 3.05) is 0 Å². The molecule has 110 valence electrons. The molecule has 1 aliphatic carbocycles. The van der Waals surface area contributed by atoms with Crippen molar-refractivity contribution >= 4 is 63.9 Å². The topological polar surface area (TPSA) is 42.0 Å². The van der Waals surface area contributed by atoms with Crippen LogP contribution in [-0.2, 0) is 11.2 Å². The molecule has 0 aliphatic heterocycles. The summed E-state index contributed by atoms with van der Waals surface area (Å²) in [6.45, 7) is 0. The smallest absolute Gasteiger partial charge is 0.272 e. The van der Waals surface area contributed by atoms with Gasteiger partial charge in [-0.15, -0.1) is 0 Å². The van der Waals surface area contributed by atoms with Crippen molar-refractivity contribution in [3.63, 3.8) is 0 Å². The van der Waals surface area contributed by atoms with E-state index >= 15 is 0 Å². The molecule has 0 saturated carbocycles. The Balaban J connectivity index is 2.27. The fraction of sp³-hybridized carbons (Fsp3) is 0.500. The lowest BCUT2D eigenvalue weighted by atomic mass is 9.91. The Labute approximate surface area is 141 Å². The number of hydrogen-bond acceptors (Lipinski definition) is 2. The summed E-state index contributed by atoms with van der Waals surface area (Å²) < 4.78 is -1.99. The van der Waals surface area contributed by atoms with Crippen molar-refractivity contribution in [2.24, 2.45) is 0 Å². The first-order valence-corrected chi connectivity index (χ1v) is 7.95. The molecule has 0 aromatic carbocycles. The maximum atomic E-state index is 11.8. The third kappa shape index (κ3) is 3.83. The molecular formula is C12H11Cl5N2O. The number of pyridine rings is 1. The lowest BCUT2D eigenvalue weighted by Gasteiger charge is -2.27. The lowest BCUT2D eigenvalue weighted by molar-refractivity contribution is -0.121. The van der Waals surface area contributed by atoms with Gasteiger partial charge in [0.25, 0.3) is 9.70 Å². The van der Waals surface area contributed by atoms with Crippen molar-refractivity contribution in [1.82, 2.24) is 10.3 Å². The van der Waals surface area contributed by atoms with E-state index in [1.165, 1.54) is 0 Å². The molecule has 0 fully saturated rings. The summed E-state index contributed by atoms with van der Waals surface area (Å²) in [4.78, 5) is 15.5. The monoisotopic (exact) mass is 374 g/mol. The van der Waals surface area contributed by atoms with Gasteiger partial charge in [-0.1, -0.05) is 64.1 Å². The Hall–Kier alpha value is 0.0700. The van der Waals surface area contributed by atoms with Gasteiger partial charge in [-0.05, 0) is 30.9 Å². The molecule has 0 bridgehead atoms. The van der Waals surface area contributed by atoms with Crippen LogP contribution < -0.4 is 5.32 Å². The highest BCUT2D eigenvalue weighted by molar-refractivity contribution is 6.76. The van der Waals surface area contributed by atoms with Crippen molar-refractivity contribution in [2.45, 2.75) is 33.9 Å². The second-order valence-electron chi connectivity index (χ2n) is 4.50. The van der Waals surface area contributed by atoms with Crippen LogP contribution in [0, 0.1) is 0 Å². The molecule has 3 nitrogen and oxygen atoms in total. The van der Waals surface area contributed by atoms with Gasteiger partial charge in [-0.25, -0.2) is 0 Å². The van der Waals surface area contributed by atoms with E-state index in [-0.39, 0.29) is 6.04 Å². The van der Waals surface area contributed by atoms with E-state index in [0.717, 1.165) is 30.5 Å². The zero-order valence-corrected chi connectivity index (χ0v) is 14.0. The summed E-state index contributed by atoms with van der Waals surface area (Å²) in [5, 5.41) is 2.70. The first-order valence-electron chi connectivity index (χ1n) is 5.94. The number of aryl methyl sites for hydroxylation is 1. The molecule has 1 aromatic rings. The number of rotatable bonds is 2. The van der Waals surface area contributed by atoms with Gasteiger partial charge in [0.05, 0.1) is 17.4 Å². The Morgan fingerprint density at radius 1 is 1.35 bits per heavy atom.